The van der Waals surface area contributed by atoms with Gasteiger partial charge in [0.05, 0.1) is 0 Å². The van der Waals surface area contributed by atoms with Crippen LogP contribution in [0.25, 0.3) is 10.8 Å². The summed E-state index contributed by atoms with van der Waals surface area (Å²) >= 11 is 5.38. The van der Waals surface area contributed by atoms with E-state index in [4.69, 9.17) is 11.6 Å². The lowest BCUT2D eigenvalue weighted by molar-refractivity contribution is 0.107. The smallest absolute Gasteiger partial charge is 0.271 e. The van der Waals surface area contributed by atoms with Crippen molar-refractivity contribution in [1.82, 2.24) is 4.98 Å². The summed E-state index contributed by atoms with van der Waals surface area (Å²) < 4.78 is 0. The van der Waals surface area contributed by atoms with Gasteiger partial charge >= 0.3 is 0 Å². The van der Waals surface area contributed by atoms with Crippen molar-refractivity contribution in [2.45, 2.75) is 0 Å². The first kappa shape index (κ1) is 11.0. The quantitative estimate of drug-likeness (QED) is 0.702. The lowest BCUT2D eigenvalue weighted by Gasteiger charge is -1.99. The van der Waals surface area contributed by atoms with Crippen LogP contribution in [0.1, 0.15) is 10.5 Å². The van der Waals surface area contributed by atoms with E-state index in [1.54, 1.807) is 6.20 Å². The number of rotatable bonds is 1. The number of hydrogen-bond donors (Lipinski definition) is 0. The number of carbonyl (C=O) groups is 1. The molecule has 4 heteroatoms. The average Bonchev–Trinajstić information content (AvgIpc) is 2.17. The van der Waals surface area contributed by atoms with Crippen LogP contribution in [0.4, 0.5) is 0 Å². The summed E-state index contributed by atoms with van der Waals surface area (Å²) in [5.74, 6) is 0. The molecule has 0 unspecified atom stereocenters. The molecule has 1 heterocycles. The van der Waals surface area contributed by atoms with Crippen molar-refractivity contribution in [2.75, 3.05) is 0 Å². The normalized spacial score (nSPS) is 9.50. The van der Waals surface area contributed by atoms with Gasteiger partial charge in [-0.05, 0) is 23.1 Å². The summed E-state index contributed by atoms with van der Waals surface area (Å²) in [4.78, 5) is 14.9. The topological polar surface area (TPSA) is 30.0 Å². The fourth-order valence-corrected chi connectivity index (χ4v) is 1.43. The molecule has 0 N–H and O–H groups in total. The second kappa shape index (κ2) is 4.40. The largest absolute Gasteiger partial charge is 0.274 e. The van der Waals surface area contributed by atoms with Gasteiger partial charge in [-0.15, -0.1) is 12.4 Å². The van der Waals surface area contributed by atoms with Crippen LogP contribution in [0.5, 0.6) is 0 Å². The zero-order chi connectivity index (χ0) is 9.26. The first-order valence-electron chi connectivity index (χ1n) is 3.82. The fraction of sp³-hybridized carbons (Fsp3) is 0. The van der Waals surface area contributed by atoms with Crippen molar-refractivity contribution in [3.8, 4) is 0 Å². The molecule has 0 saturated heterocycles. The Morgan fingerprint density at radius 1 is 1.21 bits per heavy atom. The van der Waals surface area contributed by atoms with E-state index in [-0.39, 0.29) is 12.4 Å². The van der Waals surface area contributed by atoms with E-state index < -0.39 is 5.24 Å². The number of halogens is 2. The number of carbonyl (C=O) groups excluding carboxylic acids is 1. The van der Waals surface area contributed by atoms with E-state index in [1.807, 2.05) is 30.3 Å². The van der Waals surface area contributed by atoms with E-state index in [0.717, 1.165) is 10.8 Å². The van der Waals surface area contributed by atoms with Gasteiger partial charge in [-0.2, -0.15) is 0 Å². The molecule has 0 aliphatic carbocycles. The first-order valence-corrected chi connectivity index (χ1v) is 4.20. The molecule has 14 heavy (non-hydrogen) atoms. The molecule has 0 aliphatic heterocycles. The molecule has 2 nitrogen and oxygen atoms in total. The molecule has 0 saturated carbocycles. The van der Waals surface area contributed by atoms with Crippen LogP contribution in [0, 0.1) is 0 Å². The van der Waals surface area contributed by atoms with Crippen molar-refractivity contribution in [3.05, 3.63) is 42.2 Å². The molecule has 0 spiro atoms. The molecular formula is C10H7Cl2NO. The standard InChI is InChI=1S/C10H6ClNO.ClH/c11-10(13)9-8-4-2-1-3-7(8)5-6-12-9;/h1-6H;1H. The van der Waals surface area contributed by atoms with Gasteiger partial charge in [0.1, 0.15) is 5.69 Å². The number of fused-ring (bicyclic) bond motifs is 1. The Balaban J connectivity index is 0.000000980. The van der Waals surface area contributed by atoms with Crippen molar-refractivity contribution in [1.29, 1.82) is 0 Å². The van der Waals surface area contributed by atoms with E-state index in [0.29, 0.717) is 5.69 Å². The molecule has 1 aromatic carbocycles. The maximum atomic E-state index is 11.0. The third kappa shape index (κ3) is 1.86. The number of nitrogens with zero attached hydrogens (tertiary/aromatic N) is 1. The monoisotopic (exact) mass is 227 g/mol. The molecule has 72 valence electrons. The van der Waals surface area contributed by atoms with Crippen LogP contribution in [0.3, 0.4) is 0 Å². The Morgan fingerprint density at radius 3 is 2.64 bits per heavy atom. The summed E-state index contributed by atoms with van der Waals surface area (Å²) in [5.41, 5.74) is 0.319. The number of benzene rings is 1. The number of hydrogen-bond acceptors (Lipinski definition) is 2. The van der Waals surface area contributed by atoms with Gasteiger partial charge in [0, 0.05) is 11.6 Å². The van der Waals surface area contributed by atoms with Gasteiger partial charge < -0.3 is 0 Å². The highest BCUT2D eigenvalue weighted by Crippen LogP contribution is 2.17. The lowest BCUT2D eigenvalue weighted by Crippen LogP contribution is -1.94. The molecule has 1 aromatic heterocycles. The van der Waals surface area contributed by atoms with Crippen molar-refractivity contribution in [2.24, 2.45) is 0 Å². The summed E-state index contributed by atoms with van der Waals surface area (Å²) in [6.45, 7) is 0. The Kier molecular flexibility index (Phi) is 3.44. The van der Waals surface area contributed by atoms with E-state index in [9.17, 15) is 4.79 Å². The second-order valence-electron chi connectivity index (χ2n) is 2.65. The minimum Gasteiger partial charge on any atom is -0.274 e. The van der Waals surface area contributed by atoms with E-state index >= 15 is 0 Å². The third-order valence-corrected chi connectivity index (χ3v) is 2.04. The molecule has 0 amide bonds. The molecule has 0 atom stereocenters. The molecule has 0 fully saturated rings. The maximum absolute atomic E-state index is 11.0. The maximum Gasteiger partial charge on any atom is 0.271 e. The van der Waals surface area contributed by atoms with Gasteiger partial charge in [-0.3, -0.25) is 9.78 Å². The third-order valence-electron chi connectivity index (χ3n) is 1.86. The summed E-state index contributed by atoms with van der Waals surface area (Å²) in [6.07, 6.45) is 1.58. The molecular weight excluding hydrogens is 221 g/mol. The Labute approximate surface area is 92.3 Å². The van der Waals surface area contributed by atoms with E-state index in [2.05, 4.69) is 4.98 Å². The van der Waals surface area contributed by atoms with Crippen LogP contribution in [-0.2, 0) is 0 Å². The van der Waals surface area contributed by atoms with Crippen LogP contribution in [0.2, 0.25) is 0 Å². The van der Waals surface area contributed by atoms with Crippen LogP contribution in [-0.4, -0.2) is 10.2 Å². The van der Waals surface area contributed by atoms with Crippen LogP contribution in [0.15, 0.2) is 36.5 Å². The first-order chi connectivity index (χ1) is 6.29. The highest BCUT2D eigenvalue weighted by Gasteiger charge is 2.07. The highest BCUT2D eigenvalue weighted by atomic mass is 35.5. The van der Waals surface area contributed by atoms with Crippen molar-refractivity contribution in [3.63, 3.8) is 0 Å². The lowest BCUT2D eigenvalue weighted by atomic mass is 10.1. The number of pyridine rings is 1. The molecule has 2 aromatic rings. The Hall–Kier alpha value is -1.12. The van der Waals surface area contributed by atoms with Crippen molar-refractivity contribution < 1.29 is 4.79 Å². The van der Waals surface area contributed by atoms with Gasteiger partial charge in [-0.1, -0.05) is 24.3 Å². The zero-order valence-electron chi connectivity index (χ0n) is 7.11. The minimum absolute atomic E-state index is 0. The molecule has 0 bridgehead atoms. The zero-order valence-corrected chi connectivity index (χ0v) is 8.68. The van der Waals surface area contributed by atoms with Crippen LogP contribution >= 0.6 is 24.0 Å². The molecule has 0 radical (unpaired) electrons. The summed E-state index contributed by atoms with van der Waals surface area (Å²) in [6, 6.07) is 9.36. The van der Waals surface area contributed by atoms with Gasteiger partial charge in [0.25, 0.3) is 5.24 Å². The molecule has 0 aliphatic rings. The van der Waals surface area contributed by atoms with Gasteiger partial charge in [0.15, 0.2) is 0 Å². The summed E-state index contributed by atoms with van der Waals surface area (Å²) in [7, 11) is 0. The Morgan fingerprint density at radius 2 is 1.93 bits per heavy atom. The Bertz CT molecular complexity index is 465. The van der Waals surface area contributed by atoms with Crippen molar-refractivity contribution >= 4 is 40.0 Å². The van der Waals surface area contributed by atoms with Gasteiger partial charge in [0.2, 0.25) is 0 Å². The van der Waals surface area contributed by atoms with E-state index in [1.165, 1.54) is 0 Å². The minimum atomic E-state index is -0.517. The van der Waals surface area contributed by atoms with Gasteiger partial charge in [-0.25, -0.2) is 0 Å². The summed E-state index contributed by atoms with van der Waals surface area (Å²) in [5, 5.41) is 1.25. The van der Waals surface area contributed by atoms with Crippen LogP contribution < -0.4 is 0 Å². The number of aromatic nitrogens is 1. The molecule has 2 rings (SSSR count). The second-order valence-corrected chi connectivity index (χ2v) is 3.00. The fourth-order valence-electron chi connectivity index (χ4n) is 1.28. The predicted molar refractivity (Wildman–Crippen MR) is 59.2 cm³/mol. The highest BCUT2D eigenvalue weighted by molar-refractivity contribution is 6.68. The SMILES string of the molecule is Cl.O=C(Cl)c1nccc2ccccc12. The predicted octanol–water partition coefficient (Wildman–Crippen LogP) is 3.04. The average molecular weight is 228 g/mol.